The van der Waals surface area contributed by atoms with E-state index in [1.54, 1.807) is 7.11 Å². The number of hydrazone groups is 1. The number of piperazine rings is 1. The molecule has 1 heterocycles. The van der Waals surface area contributed by atoms with Crippen LogP contribution in [0.25, 0.3) is 0 Å². The van der Waals surface area contributed by atoms with Crippen LogP contribution in [0.15, 0.2) is 77.9 Å². The van der Waals surface area contributed by atoms with Gasteiger partial charge in [-0.2, -0.15) is 5.10 Å². The summed E-state index contributed by atoms with van der Waals surface area (Å²) in [6, 6.07) is 24.1. The maximum absolute atomic E-state index is 6.31. The number of rotatable bonds is 8. The lowest BCUT2D eigenvalue weighted by molar-refractivity contribution is -0.918. The van der Waals surface area contributed by atoms with Crippen molar-refractivity contribution in [1.82, 2.24) is 5.01 Å². The zero-order valence-electron chi connectivity index (χ0n) is 18.3. The fourth-order valence-corrected chi connectivity index (χ4v) is 3.98. The first-order chi connectivity index (χ1) is 15.7. The summed E-state index contributed by atoms with van der Waals surface area (Å²) >= 11 is 6.31. The lowest BCUT2D eigenvalue weighted by Gasteiger charge is -2.30. The Labute approximate surface area is 194 Å². The molecule has 0 amide bonds. The Morgan fingerprint density at radius 1 is 0.969 bits per heavy atom. The highest BCUT2D eigenvalue weighted by Gasteiger charge is 2.19. The Bertz CT molecular complexity index is 1030. The van der Waals surface area contributed by atoms with E-state index < -0.39 is 0 Å². The molecule has 0 radical (unpaired) electrons. The van der Waals surface area contributed by atoms with Gasteiger partial charge in [0.15, 0.2) is 11.5 Å². The van der Waals surface area contributed by atoms with Crippen molar-refractivity contribution in [1.29, 1.82) is 0 Å². The lowest BCUT2D eigenvalue weighted by Crippen LogP contribution is -3.13. The smallest absolute Gasteiger partial charge is 0.161 e. The van der Waals surface area contributed by atoms with Crippen LogP contribution >= 0.6 is 11.6 Å². The second-order valence-electron chi connectivity index (χ2n) is 7.90. The Morgan fingerprint density at radius 2 is 1.72 bits per heavy atom. The van der Waals surface area contributed by atoms with Gasteiger partial charge in [0.2, 0.25) is 0 Å². The number of hydrogen-bond acceptors (Lipinski definition) is 4. The van der Waals surface area contributed by atoms with E-state index in [4.69, 9.17) is 21.1 Å². The van der Waals surface area contributed by atoms with Gasteiger partial charge in [-0.1, -0.05) is 60.1 Å². The van der Waals surface area contributed by atoms with Crippen molar-refractivity contribution in [2.75, 3.05) is 33.3 Å². The van der Waals surface area contributed by atoms with E-state index in [0.717, 1.165) is 54.6 Å². The Hall–Kier alpha value is -3.02. The third-order valence-corrected chi connectivity index (χ3v) is 6.01. The molecule has 0 spiro atoms. The molecule has 4 rings (SSSR count). The molecule has 0 bridgehead atoms. The topological polar surface area (TPSA) is 38.5 Å². The van der Waals surface area contributed by atoms with Crippen LogP contribution in [0, 0.1) is 0 Å². The van der Waals surface area contributed by atoms with Gasteiger partial charge in [-0.25, -0.2) is 0 Å². The van der Waals surface area contributed by atoms with E-state index in [1.807, 2.05) is 72.9 Å². The second kappa shape index (κ2) is 11.0. The van der Waals surface area contributed by atoms with Gasteiger partial charge in [0.05, 0.1) is 39.5 Å². The summed E-state index contributed by atoms with van der Waals surface area (Å²) in [5.41, 5.74) is 3.32. The van der Waals surface area contributed by atoms with E-state index in [0.29, 0.717) is 12.4 Å². The number of methoxy groups -OCH3 is 1. The molecule has 0 unspecified atom stereocenters. The molecule has 1 fully saturated rings. The van der Waals surface area contributed by atoms with E-state index in [-0.39, 0.29) is 0 Å². The average Bonchev–Trinajstić information content (AvgIpc) is 2.84. The largest absolute Gasteiger partial charge is 0.493 e. The Balaban J connectivity index is 1.30. The molecule has 0 saturated carbocycles. The van der Waals surface area contributed by atoms with Crippen LogP contribution < -0.4 is 14.4 Å². The Kier molecular flexibility index (Phi) is 7.64. The summed E-state index contributed by atoms with van der Waals surface area (Å²) in [6.07, 6.45) is 1.89. The standard InChI is InChI=1S/C26H28ClN3O2/c1-31-26-17-22(11-12-25(26)32-20-21-7-3-2-4-8-21)18-28-30-15-13-29(14-16-30)19-23-9-5-6-10-24(23)27/h2-12,17-18H,13-16,19-20H2,1H3/p+1. The van der Waals surface area contributed by atoms with Crippen molar-refractivity contribution in [3.63, 3.8) is 0 Å². The van der Waals surface area contributed by atoms with E-state index >= 15 is 0 Å². The minimum absolute atomic E-state index is 0.505. The third-order valence-electron chi connectivity index (χ3n) is 5.64. The van der Waals surface area contributed by atoms with Gasteiger partial charge in [0.1, 0.15) is 13.2 Å². The molecule has 166 valence electrons. The molecule has 0 atom stereocenters. The summed E-state index contributed by atoms with van der Waals surface area (Å²) in [4.78, 5) is 1.53. The van der Waals surface area contributed by atoms with Crippen LogP contribution in [0.3, 0.4) is 0 Å². The predicted molar refractivity (Wildman–Crippen MR) is 129 cm³/mol. The summed E-state index contributed by atoms with van der Waals surface area (Å²) < 4.78 is 11.5. The first kappa shape index (κ1) is 22.2. The van der Waals surface area contributed by atoms with E-state index in [1.165, 1.54) is 10.5 Å². The minimum Gasteiger partial charge on any atom is -0.493 e. The highest BCUT2D eigenvalue weighted by atomic mass is 35.5. The van der Waals surface area contributed by atoms with E-state index in [9.17, 15) is 0 Å². The van der Waals surface area contributed by atoms with Gasteiger partial charge in [0.25, 0.3) is 0 Å². The van der Waals surface area contributed by atoms with Crippen molar-refractivity contribution < 1.29 is 14.4 Å². The van der Waals surface area contributed by atoms with Crippen LogP contribution in [0.5, 0.6) is 11.5 Å². The van der Waals surface area contributed by atoms with Gasteiger partial charge >= 0.3 is 0 Å². The number of nitrogens with zero attached hydrogens (tertiary/aromatic N) is 2. The quantitative estimate of drug-likeness (QED) is 0.532. The summed E-state index contributed by atoms with van der Waals surface area (Å²) in [5.74, 6) is 1.43. The zero-order valence-corrected chi connectivity index (χ0v) is 19.1. The number of halogens is 1. The molecule has 3 aromatic carbocycles. The molecule has 0 aromatic heterocycles. The number of quaternary nitrogens is 1. The van der Waals surface area contributed by atoms with Crippen LogP contribution in [-0.4, -0.2) is 44.5 Å². The third kappa shape index (κ3) is 6.02. The molecule has 1 saturated heterocycles. The zero-order chi connectivity index (χ0) is 22.2. The SMILES string of the molecule is COc1cc(C=NN2CC[NH+](Cc3ccccc3Cl)CC2)ccc1OCc1ccccc1. The van der Waals surface area contributed by atoms with Gasteiger partial charge in [0, 0.05) is 10.6 Å². The highest BCUT2D eigenvalue weighted by Crippen LogP contribution is 2.28. The van der Waals surface area contributed by atoms with Crippen LogP contribution in [0.2, 0.25) is 5.02 Å². The van der Waals surface area contributed by atoms with Crippen molar-refractivity contribution in [3.05, 3.63) is 94.5 Å². The Morgan fingerprint density at radius 3 is 2.47 bits per heavy atom. The highest BCUT2D eigenvalue weighted by molar-refractivity contribution is 6.31. The summed E-state index contributed by atoms with van der Waals surface area (Å²) in [6.45, 7) is 5.39. The molecule has 1 aliphatic rings. The number of ether oxygens (including phenoxy) is 2. The number of nitrogens with one attached hydrogen (secondary N) is 1. The van der Waals surface area contributed by atoms with Gasteiger partial charge < -0.3 is 14.4 Å². The molecule has 3 aromatic rings. The van der Waals surface area contributed by atoms with Crippen molar-refractivity contribution in [3.8, 4) is 11.5 Å². The fourth-order valence-electron chi connectivity index (χ4n) is 3.78. The second-order valence-corrected chi connectivity index (χ2v) is 8.31. The van der Waals surface area contributed by atoms with E-state index in [2.05, 4.69) is 16.2 Å². The summed E-state index contributed by atoms with van der Waals surface area (Å²) in [7, 11) is 1.66. The van der Waals surface area contributed by atoms with Crippen LogP contribution in [0.4, 0.5) is 0 Å². The van der Waals surface area contributed by atoms with Gasteiger partial charge in [-0.3, -0.25) is 5.01 Å². The fraction of sp³-hybridized carbons (Fsp3) is 0.269. The first-order valence-electron chi connectivity index (χ1n) is 10.9. The van der Waals surface area contributed by atoms with Crippen molar-refractivity contribution >= 4 is 17.8 Å². The minimum atomic E-state index is 0.505. The monoisotopic (exact) mass is 450 g/mol. The molecule has 32 heavy (non-hydrogen) atoms. The molecule has 1 N–H and O–H groups in total. The molecular formula is C26H29ClN3O2+. The maximum atomic E-state index is 6.31. The van der Waals surface area contributed by atoms with Crippen LogP contribution in [0.1, 0.15) is 16.7 Å². The number of benzene rings is 3. The molecule has 5 nitrogen and oxygen atoms in total. The lowest BCUT2D eigenvalue weighted by atomic mass is 10.2. The molecule has 1 aliphatic heterocycles. The number of hydrogen-bond donors (Lipinski definition) is 1. The van der Waals surface area contributed by atoms with Crippen molar-refractivity contribution in [2.24, 2.45) is 5.10 Å². The predicted octanol–water partition coefficient (Wildman–Crippen LogP) is 3.66. The molecular weight excluding hydrogens is 422 g/mol. The first-order valence-corrected chi connectivity index (χ1v) is 11.3. The normalized spacial score (nSPS) is 14.6. The van der Waals surface area contributed by atoms with Crippen LogP contribution in [-0.2, 0) is 13.2 Å². The molecule has 0 aliphatic carbocycles. The van der Waals surface area contributed by atoms with Gasteiger partial charge in [-0.05, 0) is 35.4 Å². The molecule has 6 heteroatoms. The maximum Gasteiger partial charge on any atom is 0.161 e. The summed E-state index contributed by atoms with van der Waals surface area (Å²) in [5, 5.41) is 7.66. The average molecular weight is 451 g/mol. The van der Waals surface area contributed by atoms with Gasteiger partial charge in [-0.15, -0.1) is 0 Å². The van der Waals surface area contributed by atoms with Crippen molar-refractivity contribution in [2.45, 2.75) is 13.2 Å².